The van der Waals surface area contributed by atoms with Crippen molar-refractivity contribution in [1.82, 2.24) is 0 Å². The molecule has 0 saturated heterocycles. The van der Waals surface area contributed by atoms with Crippen LogP contribution in [-0.4, -0.2) is 36.6 Å². The largest absolute Gasteiger partial charge is 0.489 e. The lowest BCUT2D eigenvalue weighted by molar-refractivity contribution is -0.260. The number of benzene rings is 1. The van der Waals surface area contributed by atoms with Gasteiger partial charge < -0.3 is 14.6 Å². The van der Waals surface area contributed by atoms with Crippen LogP contribution in [0.2, 0.25) is 5.02 Å². The van der Waals surface area contributed by atoms with Gasteiger partial charge in [-0.25, -0.2) is 4.79 Å². The van der Waals surface area contributed by atoms with E-state index in [9.17, 15) is 23.1 Å². The van der Waals surface area contributed by atoms with Gasteiger partial charge >= 0.3 is 12.1 Å². The molecular weight excluding hydrogens is 301 g/mol. The number of rotatable bonds is 4. The Balaban J connectivity index is 2.83. The van der Waals surface area contributed by atoms with Crippen molar-refractivity contribution in [1.29, 1.82) is 0 Å². The monoisotopic (exact) mass is 312 g/mol. The molecule has 20 heavy (non-hydrogen) atoms. The molecule has 0 aliphatic carbocycles. The lowest BCUT2D eigenvalue weighted by Crippen LogP contribution is -2.47. The average molecular weight is 313 g/mol. The van der Waals surface area contributed by atoms with Crippen LogP contribution in [0.3, 0.4) is 0 Å². The SMILES string of the molecule is COC(=O)c1ccc(OCC(C)(O)C(F)(F)F)c(Cl)c1. The second kappa shape index (κ2) is 5.88. The second-order valence-electron chi connectivity index (χ2n) is 4.20. The molecule has 1 N–H and O–H groups in total. The van der Waals surface area contributed by atoms with Gasteiger partial charge in [0.15, 0.2) is 5.60 Å². The zero-order chi connectivity index (χ0) is 15.6. The van der Waals surface area contributed by atoms with Crippen LogP contribution in [-0.2, 0) is 4.74 Å². The number of hydrogen-bond donors (Lipinski definition) is 1. The fourth-order valence-corrected chi connectivity index (χ4v) is 1.40. The number of methoxy groups -OCH3 is 1. The molecule has 1 rings (SSSR count). The number of alkyl halides is 3. The van der Waals surface area contributed by atoms with Crippen LogP contribution in [0.4, 0.5) is 13.2 Å². The molecule has 0 bridgehead atoms. The first-order chi connectivity index (χ1) is 9.08. The summed E-state index contributed by atoms with van der Waals surface area (Å²) < 4.78 is 46.6. The summed E-state index contributed by atoms with van der Waals surface area (Å²) in [6.07, 6.45) is -4.83. The first-order valence-corrected chi connectivity index (χ1v) is 5.76. The van der Waals surface area contributed by atoms with Crippen LogP contribution in [0.25, 0.3) is 0 Å². The van der Waals surface area contributed by atoms with E-state index in [4.69, 9.17) is 16.3 Å². The maximum absolute atomic E-state index is 12.4. The number of carbonyl (C=O) groups is 1. The van der Waals surface area contributed by atoms with Gasteiger partial charge in [-0.2, -0.15) is 13.2 Å². The van der Waals surface area contributed by atoms with Crippen molar-refractivity contribution >= 4 is 17.6 Å². The van der Waals surface area contributed by atoms with Crippen LogP contribution >= 0.6 is 11.6 Å². The number of esters is 1. The van der Waals surface area contributed by atoms with Crippen LogP contribution in [0.5, 0.6) is 5.75 Å². The average Bonchev–Trinajstić information content (AvgIpc) is 2.35. The minimum atomic E-state index is -4.83. The van der Waals surface area contributed by atoms with E-state index in [1.807, 2.05) is 0 Å². The van der Waals surface area contributed by atoms with Gasteiger partial charge in [-0.3, -0.25) is 0 Å². The number of carbonyl (C=O) groups excluding carboxylic acids is 1. The molecule has 0 aliphatic heterocycles. The van der Waals surface area contributed by atoms with Crippen LogP contribution in [0.15, 0.2) is 18.2 Å². The van der Waals surface area contributed by atoms with E-state index in [1.54, 1.807) is 0 Å². The highest BCUT2D eigenvalue weighted by atomic mass is 35.5. The Hall–Kier alpha value is -1.47. The molecule has 0 amide bonds. The number of aliphatic hydroxyl groups is 1. The van der Waals surface area contributed by atoms with Crippen LogP contribution in [0, 0.1) is 0 Å². The molecule has 8 heteroatoms. The molecule has 112 valence electrons. The van der Waals surface area contributed by atoms with Crippen molar-refractivity contribution in [2.24, 2.45) is 0 Å². The number of hydrogen-bond acceptors (Lipinski definition) is 4. The van der Waals surface area contributed by atoms with Crippen molar-refractivity contribution in [2.45, 2.75) is 18.7 Å². The summed E-state index contributed by atoms with van der Waals surface area (Å²) in [6.45, 7) is -0.433. The molecular formula is C12H12ClF3O4. The zero-order valence-corrected chi connectivity index (χ0v) is 11.4. The topological polar surface area (TPSA) is 55.8 Å². The normalized spacial score (nSPS) is 14.6. The Morgan fingerprint density at radius 1 is 1.40 bits per heavy atom. The first kappa shape index (κ1) is 16.6. The molecule has 1 aromatic carbocycles. The van der Waals surface area contributed by atoms with E-state index in [0.717, 1.165) is 0 Å². The molecule has 0 aliphatic rings. The van der Waals surface area contributed by atoms with Gasteiger partial charge in [0.05, 0.1) is 17.7 Å². The Labute approximate surface area is 118 Å². The van der Waals surface area contributed by atoms with Gasteiger partial charge in [0, 0.05) is 0 Å². The van der Waals surface area contributed by atoms with Gasteiger partial charge in [0.2, 0.25) is 0 Å². The van der Waals surface area contributed by atoms with Gasteiger partial charge in [-0.1, -0.05) is 11.6 Å². The zero-order valence-electron chi connectivity index (χ0n) is 10.6. The summed E-state index contributed by atoms with van der Waals surface area (Å²) in [5.74, 6) is -0.718. The van der Waals surface area contributed by atoms with Crippen molar-refractivity contribution in [3.05, 3.63) is 28.8 Å². The van der Waals surface area contributed by atoms with E-state index in [2.05, 4.69) is 4.74 Å². The molecule has 1 atom stereocenters. The summed E-state index contributed by atoms with van der Waals surface area (Å²) in [7, 11) is 1.18. The molecule has 0 saturated carbocycles. The first-order valence-electron chi connectivity index (χ1n) is 5.38. The fourth-order valence-electron chi connectivity index (χ4n) is 1.16. The minimum Gasteiger partial charge on any atom is -0.489 e. The second-order valence-corrected chi connectivity index (χ2v) is 4.60. The molecule has 0 spiro atoms. The Morgan fingerprint density at radius 2 is 2.00 bits per heavy atom. The van der Waals surface area contributed by atoms with Crippen LogP contribution in [0.1, 0.15) is 17.3 Å². The van der Waals surface area contributed by atoms with Gasteiger partial charge in [-0.05, 0) is 25.1 Å². The van der Waals surface area contributed by atoms with E-state index in [1.165, 1.54) is 25.3 Å². The standard InChI is InChI=1S/C12H12ClF3O4/c1-11(18,12(14,15)16)6-20-9-4-3-7(5-8(9)13)10(17)19-2/h3-5,18H,6H2,1-2H3. The maximum Gasteiger partial charge on any atom is 0.420 e. The summed E-state index contributed by atoms with van der Waals surface area (Å²) in [4.78, 5) is 11.2. The summed E-state index contributed by atoms with van der Waals surface area (Å²) in [5.41, 5.74) is -2.87. The van der Waals surface area contributed by atoms with Crippen molar-refractivity contribution in [3.63, 3.8) is 0 Å². The third-order valence-corrected chi connectivity index (χ3v) is 2.77. The van der Waals surface area contributed by atoms with E-state index >= 15 is 0 Å². The van der Waals surface area contributed by atoms with Crippen LogP contribution < -0.4 is 4.74 Å². The molecule has 0 radical (unpaired) electrons. The smallest absolute Gasteiger partial charge is 0.420 e. The molecule has 0 fully saturated rings. The third-order valence-electron chi connectivity index (χ3n) is 2.47. The number of halogens is 4. The van der Waals surface area contributed by atoms with Gasteiger partial charge in [0.1, 0.15) is 12.4 Å². The molecule has 0 heterocycles. The molecule has 1 aromatic rings. The van der Waals surface area contributed by atoms with Gasteiger partial charge in [0.25, 0.3) is 0 Å². The summed E-state index contributed by atoms with van der Waals surface area (Å²) in [6, 6.07) is 3.71. The Bertz CT molecular complexity index is 500. The predicted molar refractivity (Wildman–Crippen MR) is 65.0 cm³/mol. The van der Waals surface area contributed by atoms with Crippen molar-refractivity contribution in [2.75, 3.05) is 13.7 Å². The van der Waals surface area contributed by atoms with Crippen molar-refractivity contribution < 1.29 is 32.5 Å². The predicted octanol–water partition coefficient (Wildman–Crippen LogP) is 2.82. The third kappa shape index (κ3) is 3.77. The van der Waals surface area contributed by atoms with Crippen molar-refractivity contribution in [3.8, 4) is 5.75 Å². The molecule has 1 unspecified atom stereocenters. The highest BCUT2D eigenvalue weighted by molar-refractivity contribution is 6.32. The fraction of sp³-hybridized carbons (Fsp3) is 0.417. The summed E-state index contributed by atoms with van der Waals surface area (Å²) in [5, 5.41) is 9.15. The summed E-state index contributed by atoms with van der Waals surface area (Å²) >= 11 is 5.78. The lowest BCUT2D eigenvalue weighted by Gasteiger charge is -2.26. The molecule has 4 nitrogen and oxygen atoms in total. The maximum atomic E-state index is 12.4. The highest BCUT2D eigenvalue weighted by Gasteiger charge is 2.50. The molecule has 0 aromatic heterocycles. The number of ether oxygens (including phenoxy) is 2. The Kier molecular flexibility index (Phi) is 4.88. The minimum absolute atomic E-state index is 0.0640. The Morgan fingerprint density at radius 3 is 2.45 bits per heavy atom. The lowest BCUT2D eigenvalue weighted by atomic mass is 10.1. The van der Waals surface area contributed by atoms with E-state index in [0.29, 0.717) is 6.92 Å². The van der Waals surface area contributed by atoms with E-state index < -0.39 is 24.4 Å². The quantitative estimate of drug-likeness (QED) is 0.869. The van der Waals surface area contributed by atoms with E-state index in [-0.39, 0.29) is 16.3 Å². The van der Waals surface area contributed by atoms with Gasteiger partial charge in [-0.15, -0.1) is 0 Å². The highest BCUT2D eigenvalue weighted by Crippen LogP contribution is 2.32.